The highest BCUT2D eigenvalue weighted by atomic mass is 32.2. The fourth-order valence-corrected chi connectivity index (χ4v) is 5.14. The van der Waals surface area contributed by atoms with E-state index in [1.54, 1.807) is 30.6 Å². The molecule has 9 heteroatoms. The van der Waals surface area contributed by atoms with Gasteiger partial charge in [-0.05, 0) is 37.1 Å². The van der Waals surface area contributed by atoms with Crippen molar-refractivity contribution >= 4 is 21.8 Å². The van der Waals surface area contributed by atoms with Crippen LogP contribution in [0, 0.1) is 5.82 Å². The minimum absolute atomic E-state index is 0.156. The molecule has 0 radical (unpaired) electrons. The number of rotatable bonds is 6. The molecular formula is C21H22FN5O2S. The van der Waals surface area contributed by atoms with Crippen molar-refractivity contribution < 1.29 is 12.8 Å². The fourth-order valence-electron chi connectivity index (χ4n) is 3.56. The van der Waals surface area contributed by atoms with E-state index in [2.05, 4.69) is 20.3 Å². The second-order valence-electron chi connectivity index (χ2n) is 7.17. The Hall–Kier alpha value is -2.91. The van der Waals surface area contributed by atoms with Crippen molar-refractivity contribution in [3.05, 3.63) is 78.0 Å². The second-order valence-corrected chi connectivity index (χ2v) is 9.13. The van der Waals surface area contributed by atoms with Gasteiger partial charge in [-0.25, -0.2) is 32.1 Å². The van der Waals surface area contributed by atoms with E-state index in [-0.39, 0.29) is 17.2 Å². The molecule has 1 aliphatic heterocycles. The van der Waals surface area contributed by atoms with E-state index < -0.39 is 15.8 Å². The lowest BCUT2D eigenvalue weighted by Crippen LogP contribution is -2.38. The van der Waals surface area contributed by atoms with E-state index in [1.165, 1.54) is 16.4 Å². The molecule has 156 valence electrons. The van der Waals surface area contributed by atoms with Crippen LogP contribution in [0.4, 0.5) is 16.2 Å². The van der Waals surface area contributed by atoms with E-state index in [4.69, 9.17) is 0 Å². The van der Waals surface area contributed by atoms with E-state index in [9.17, 15) is 12.8 Å². The van der Waals surface area contributed by atoms with Crippen molar-refractivity contribution in [2.75, 3.05) is 18.4 Å². The molecule has 1 N–H and O–H groups in total. The normalized spacial score (nSPS) is 15.8. The lowest BCUT2D eigenvalue weighted by Gasteiger charge is -2.31. The van der Waals surface area contributed by atoms with Gasteiger partial charge in [-0.2, -0.15) is 0 Å². The molecule has 0 bridgehead atoms. The van der Waals surface area contributed by atoms with Crippen LogP contribution in [0.25, 0.3) is 0 Å². The highest BCUT2D eigenvalue weighted by molar-refractivity contribution is 7.88. The quantitative estimate of drug-likeness (QED) is 0.648. The first-order valence-electron chi connectivity index (χ1n) is 9.73. The summed E-state index contributed by atoms with van der Waals surface area (Å²) in [6.45, 7) is 0.783. The number of anilines is 2. The minimum atomic E-state index is -3.57. The molecule has 0 atom stereocenters. The third-order valence-corrected chi connectivity index (χ3v) is 6.97. The molecule has 2 aromatic heterocycles. The van der Waals surface area contributed by atoms with Crippen molar-refractivity contribution in [2.45, 2.75) is 24.5 Å². The maximum absolute atomic E-state index is 13.9. The Kier molecular flexibility index (Phi) is 6.01. The van der Waals surface area contributed by atoms with Crippen molar-refractivity contribution in [3.8, 4) is 0 Å². The molecule has 1 aromatic carbocycles. The number of nitrogens with one attached hydrogen (secondary N) is 1. The number of pyridine rings is 1. The van der Waals surface area contributed by atoms with Gasteiger partial charge in [-0.15, -0.1) is 0 Å². The molecule has 3 aromatic rings. The highest BCUT2D eigenvalue weighted by Gasteiger charge is 2.30. The number of benzene rings is 1. The zero-order valence-electron chi connectivity index (χ0n) is 16.3. The van der Waals surface area contributed by atoms with E-state index in [0.29, 0.717) is 37.7 Å². The number of hydrogen-bond acceptors (Lipinski definition) is 6. The molecule has 30 heavy (non-hydrogen) atoms. The summed E-state index contributed by atoms with van der Waals surface area (Å²) < 4.78 is 40.8. The molecule has 4 rings (SSSR count). The first kappa shape index (κ1) is 20.4. The van der Waals surface area contributed by atoms with Crippen LogP contribution in [-0.2, 0) is 15.8 Å². The maximum atomic E-state index is 13.9. The molecular weight excluding hydrogens is 405 g/mol. The zero-order chi connectivity index (χ0) is 21.0. The summed E-state index contributed by atoms with van der Waals surface area (Å²) in [6, 6.07) is 13.4. The average molecular weight is 428 g/mol. The van der Waals surface area contributed by atoms with Gasteiger partial charge in [0.25, 0.3) is 0 Å². The van der Waals surface area contributed by atoms with Crippen LogP contribution in [-0.4, -0.2) is 40.8 Å². The van der Waals surface area contributed by atoms with Gasteiger partial charge in [0.2, 0.25) is 16.0 Å². The van der Waals surface area contributed by atoms with Crippen LogP contribution in [0.5, 0.6) is 0 Å². The molecule has 0 unspecified atom stereocenters. The molecule has 0 aliphatic carbocycles. The van der Waals surface area contributed by atoms with Crippen LogP contribution < -0.4 is 5.32 Å². The van der Waals surface area contributed by atoms with Crippen LogP contribution in [0.1, 0.15) is 30.0 Å². The van der Waals surface area contributed by atoms with Crippen LogP contribution >= 0.6 is 0 Å². The van der Waals surface area contributed by atoms with Crippen molar-refractivity contribution in [3.63, 3.8) is 0 Å². The van der Waals surface area contributed by atoms with Crippen LogP contribution in [0.3, 0.4) is 0 Å². The number of halogens is 1. The average Bonchev–Trinajstić information content (AvgIpc) is 2.76. The lowest BCUT2D eigenvalue weighted by atomic mass is 9.94. The van der Waals surface area contributed by atoms with Crippen LogP contribution in [0.2, 0.25) is 0 Å². The zero-order valence-corrected chi connectivity index (χ0v) is 17.1. The summed E-state index contributed by atoms with van der Waals surface area (Å²) in [5.41, 5.74) is 1.10. The van der Waals surface area contributed by atoms with Gasteiger partial charge in [0.1, 0.15) is 11.6 Å². The monoisotopic (exact) mass is 427 g/mol. The van der Waals surface area contributed by atoms with Gasteiger partial charge in [-0.1, -0.05) is 24.3 Å². The number of nitrogens with zero attached hydrogens (tertiary/aromatic N) is 4. The number of sulfonamides is 1. The molecule has 0 spiro atoms. The van der Waals surface area contributed by atoms with E-state index in [1.807, 2.05) is 18.2 Å². The molecule has 0 amide bonds. The number of aromatic nitrogens is 3. The SMILES string of the molecule is O=S(=O)(Cc1ccccc1F)N1CCC(c2cccc(Nc3ncccn3)n2)CC1. The largest absolute Gasteiger partial charge is 0.309 e. The molecule has 1 fully saturated rings. The molecule has 1 saturated heterocycles. The predicted molar refractivity (Wildman–Crippen MR) is 112 cm³/mol. The Bertz CT molecular complexity index is 1100. The first-order chi connectivity index (χ1) is 14.5. The van der Waals surface area contributed by atoms with E-state index >= 15 is 0 Å². The topological polar surface area (TPSA) is 88.1 Å². The summed E-state index contributed by atoms with van der Waals surface area (Å²) in [5.74, 6) is 0.457. The molecule has 0 saturated carbocycles. The fraction of sp³-hybridized carbons (Fsp3) is 0.286. The molecule has 3 heterocycles. The van der Waals surface area contributed by atoms with Gasteiger partial charge in [0, 0.05) is 42.7 Å². The first-order valence-corrected chi connectivity index (χ1v) is 11.3. The summed E-state index contributed by atoms with van der Waals surface area (Å²) in [5, 5.41) is 3.07. The minimum Gasteiger partial charge on any atom is -0.309 e. The standard InChI is InChI=1S/C21H22FN5O2S/c22-18-6-2-1-5-17(18)15-30(28,29)27-13-9-16(10-14-27)19-7-3-8-20(25-19)26-21-23-11-4-12-24-21/h1-8,11-12,16H,9-10,13-15H2,(H,23,24,25,26). The Morgan fingerprint density at radius 1 is 1.00 bits per heavy atom. The van der Waals surface area contributed by atoms with Crippen molar-refractivity contribution in [2.24, 2.45) is 0 Å². The second kappa shape index (κ2) is 8.85. The Morgan fingerprint density at radius 2 is 1.73 bits per heavy atom. The maximum Gasteiger partial charge on any atom is 0.228 e. The third-order valence-electron chi connectivity index (χ3n) is 5.14. The van der Waals surface area contributed by atoms with Gasteiger partial charge < -0.3 is 5.32 Å². The highest BCUT2D eigenvalue weighted by Crippen LogP contribution is 2.29. The van der Waals surface area contributed by atoms with Gasteiger partial charge in [-0.3, -0.25) is 0 Å². The Morgan fingerprint density at radius 3 is 2.47 bits per heavy atom. The van der Waals surface area contributed by atoms with Crippen LogP contribution in [0.15, 0.2) is 60.9 Å². The lowest BCUT2D eigenvalue weighted by molar-refractivity contribution is 0.316. The Labute approximate surface area is 175 Å². The summed E-state index contributed by atoms with van der Waals surface area (Å²) >= 11 is 0. The van der Waals surface area contributed by atoms with Gasteiger partial charge in [0.05, 0.1) is 5.75 Å². The third kappa shape index (κ3) is 4.80. The van der Waals surface area contributed by atoms with Crippen molar-refractivity contribution in [1.82, 2.24) is 19.3 Å². The Balaban J connectivity index is 1.40. The molecule has 1 aliphatic rings. The summed E-state index contributed by atoms with van der Waals surface area (Å²) in [4.78, 5) is 12.9. The number of hydrogen-bond donors (Lipinski definition) is 1. The predicted octanol–water partition coefficient (Wildman–Crippen LogP) is 3.46. The van der Waals surface area contributed by atoms with E-state index in [0.717, 1.165) is 5.69 Å². The molecule has 7 nitrogen and oxygen atoms in total. The summed E-state index contributed by atoms with van der Waals surface area (Å²) in [7, 11) is -3.57. The summed E-state index contributed by atoms with van der Waals surface area (Å²) in [6.07, 6.45) is 4.62. The smallest absolute Gasteiger partial charge is 0.228 e. The van der Waals surface area contributed by atoms with Gasteiger partial charge in [0.15, 0.2) is 0 Å². The number of piperidine rings is 1. The van der Waals surface area contributed by atoms with Gasteiger partial charge >= 0.3 is 0 Å². The van der Waals surface area contributed by atoms with Crippen molar-refractivity contribution in [1.29, 1.82) is 0 Å².